The lowest BCUT2D eigenvalue weighted by atomic mass is 10.3. The minimum Gasteiger partial charge on any atom is -0.398 e. The van der Waals surface area contributed by atoms with Gasteiger partial charge in [-0.3, -0.25) is 4.79 Å². The van der Waals surface area contributed by atoms with Crippen LogP contribution in [0.1, 0.15) is 33.2 Å². The van der Waals surface area contributed by atoms with Crippen molar-refractivity contribution in [3.05, 3.63) is 34.0 Å². The van der Waals surface area contributed by atoms with Gasteiger partial charge in [0.15, 0.2) is 0 Å². The van der Waals surface area contributed by atoms with Crippen LogP contribution in [0.2, 0.25) is 0 Å². The highest BCUT2D eigenvalue weighted by molar-refractivity contribution is 7.14. The van der Waals surface area contributed by atoms with Gasteiger partial charge in [-0.1, -0.05) is 0 Å². The van der Waals surface area contributed by atoms with Crippen LogP contribution in [0, 0.1) is 6.92 Å². The van der Waals surface area contributed by atoms with Gasteiger partial charge in [0.05, 0.1) is 11.4 Å². The second kappa shape index (κ2) is 4.94. The molecule has 106 valence electrons. The number of hydrogen-bond donors (Lipinski definition) is 1. The SMILES string of the molecule is Cc1sc(C(=O)N(Cc2nccn2C)C2CC2)cc1N. The zero-order valence-corrected chi connectivity index (χ0v) is 12.5. The number of carbonyl (C=O) groups is 1. The molecule has 1 aliphatic carbocycles. The lowest BCUT2D eigenvalue weighted by molar-refractivity contribution is 0.0729. The monoisotopic (exact) mass is 290 g/mol. The van der Waals surface area contributed by atoms with Crippen molar-refractivity contribution in [1.29, 1.82) is 0 Å². The maximum atomic E-state index is 12.7. The van der Waals surface area contributed by atoms with Crippen LogP contribution in [-0.4, -0.2) is 26.4 Å². The number of hydrogen-bond acceptors (Lipinski definition) is 4. The van der Waals surface area contributed by atoms with Gasteiger partial charge >= 0.3 is 0 Å². The first-order chi connectivity index (χ1) is 9.56. The molecule has 1 amide bonds. The molecule has 0 spiro atoms. The Morgan fingerprint density at radius 3 is 2.85 bits per heavy atom. The van der Waals surface area contributed by atoms with Crippen LogP contribution < -0.4 is 5.73 Å². The molecule has 1 saturated carbocycles. The summed E-state index contributed by atoms with van der Waals surface area (Å²) in [6.45, 7) is 2.50. The van der Waals surface area contributed by atoms with E-state index in [1.54, 1.807) is 12.3 Å². The summed E-state index contributed by atoms with van der Waals surface area (Å²) in [6.07, 6.45) is 5.82. The standard InChI is InChI=1S/C14H18N4OS/c1-9-11(15)7-12(20-9)14(19)18(10-3-4-10)8-13-16-5-6-17(13)2/h5-7,10H,3-4,8,15H2,1-2H3. The topological polar surface area (TPSA) is 64.2 Å². The van der Waals surface area contributed by atoms with Gasteiger partial charge in [0.25, 0.3) is 5.91 Å². The molecule has 2 N–H and O–H groups in total. The minimum absolute atomic E-state index is 0.0697. The number of imidazole rings is 1. The molecule has 0 aromatic carbocycles. The third kappa shape index (κ3) is 2.43. The maximum Gasteiger partial charge on any atom is 0.264 e. The number of aryl methyl sites for hydroxylation is 2. The van der Waals surface area contributed by atoms with E-state index in [9.17, 15) is 4.79 Å². The first kappa shape index (κ1) is 13.2. The number of nitrogens with zero attached hydrogens (tertiary/aromatic N) is 3. The Bertz CT molecular complexity index is 622. The first-order valence-electron chi connectivity index (χ1n) is 6.69. The Morgan fingerprint density at radius 1 is 1.60 bits per heavy atom. The second-order valence-corrected chi connectivity index (χ2v) is 6.50. The second-order valence-electron chi connectivity index (χ2n) is 5.24. The molecule has 20 heavy (non-hydrogen) atoms. The maximum absolute atomic E-state index is 12.7. The number of nitrogens with two attached hydrogens (primary N) is 1. The summed E-state index contributed by atoms with van der Waals surface area (Å²) in [5.74, 6) is 0.979. The van der Waals surface area contributed by atoms with Gasteiger partial charge in [0.1, 0.15) is 5.82 Å². The summed E-state index contributed by atoms with van der Waals surface area (Å²) < 4.78 is 1.96. The highest BCUT2D eigenvalue weighted by Gasteiger charge is 2.34. The highest BCUT2D eigenvalue weighted by atomic mass is 32.1. The van der Waals surface area contributed by atoms with E-state index in [1.165, 1.54) is 11.3 Å². The molecular formula is C14H18N4OS. The quantitative estimate of drug-likeness (QED) is 0.938. The number of nitrogen functional groups attached to an aromatic ring is 1. The summed E-state index contributed by atoms with van der Waals surface area (Å²) in [6, 6.07) is 2.14. The van der Waals surface area contributed by atoms with Crippen molar-refractivity contribution in [2.45, 2.75) is 32.4 Å². The fraction of sp³-hybridized carbons (Fsp3) is 0.429. The molecule has 0 unspecified atom stereocenters. The average Bonchev–Trinajstić information content (AvgIpc) is 3.10. The van der Waals surface area contributed by atoms with Crippen LogP contribution in [0.3, 0.4) is 0 Å². The fourth-order valence-electron chi connectivity index (χ4n) is 2.20. The predicted molar refractivity (Wildman–Crippen MR) is 79.6 cm³/mol. The van der Waals surface area contributed by atoms with Crippen molar-refractivity contribution >= 4 is 22.9 Å². The van der Waals surface area contributed by atoms with Crippen molar-refractivity contribution in [2.75, 3.05) is 5.73 Å². The van der Waals surface area contributed by atoms with Crippen LogP contribution in [-0.2, 0) is 13.6 Å². The highest BCUT2D eigenvalue weighted by Crippen LogP contribution is 2.32. The molecule has 0 radical (unpaired) electrons. The van der Waals surface area contributed by atoms with Gasteiger partial charge < -0.3 is 15.2 Å². The van der Waals surface area contributed by atoms with Crippen LogP contribution >= 0.6 is 11.3 Å². The molecular weight excluding hydrogens is 272 g/mol. The minimum atomic E-state index is 0.0697. The zero-order valence-electron chi connectivity index (χ0n) is 11.7. The molecule has 1 fully saturated rings. The predicted octanol–water partition coefficient (Wildman–Crippen LogP) is 2.18. The number of amides is 1. The van der Waals surface area contributed by atoms with Crippen molar-refractivity contribution in [3.8, 4) is 0 Å². The van der Waals surface area contributed by atoms with Gasteiger partial charge in [-0.15, -0.1) is 11.3 Å². The number of carbonyl (C=O) groups excluding carboxylic acids is 1. The van der Waals surface area contributed by atoms with E-state index in [1.807, 2.05) is 29.6 Å². The molecule has 5 nitrogen and oxygen atoms in total. The Morgan fingerprint density at radius 2 is 2.35 bits per heavy atom. The first-order valence-corrected chi connectivity index (χ1v) is 7.51. The molecule has 0 saturated heterocycles. The molecule has 3 rings (SSSR count). The van der Waals surface area contributed by atoms with E-state index < -0.39 is 0 Å². The van der Waals surface area contributed by atoms with E-state index in [0.29, 0.717) is 18.3 Å². The summed E-state index contributed by atoms with van der Waals surface area (Å²) in [4.78, 5) is 20.6. The molecule has 0 aliphatic heterocycles. The Labute approximate surface area is 122 Å². The van der Waals surface area contributed by atoms with Crippen molar-refractivity contribution in [3.63, 3.8) is 0 Å². The number of anilines is 1. The van der Waals surface area contributed by atoms with Crippen LogP contribution in [0.5, 0.6) is 0 Å². The van der Waals surface area contributed by atoms with Crippen LogP contribution in [0.4, 0.5) is 5.69 Å². The number of thiophene rings is 1. The van der Waals surface area contributed by atoms with E-state index in [2.05, 4.69) is 4.98 Å². The number of aromatic nitrogens is 2. The molecule has 2 heterocycles. The van der Waals surface area contributed by atoms with Crippen LogP contribution in [0.25, 0.3) is 0 Å². The van der Waals surface area contributed by atoms with Crippen LogP contribution in [0.15, 0.2) is 18.5 Å². The summed E-state index contributed by atoms with van der Waals surface area (Å²) in [5.41, 5.74) is 6.55. The largest absolute Gasteiger partial charge is 0.398 e. The summed E-state index contributed by atoms with van der Waals surface area (Å²) in [5, 5.41) is 0. The molecule has 6 heteroatoms. The van der Waals surface area contributed by atoms with Gasteiger partial charge in [-0.2, -0.15) is 0 Å². The number of rotatable bonds is 4. The van der Waals surface area contributed by atoms with Gasteiger partial charge in [0, 0.05) is 36.0 Å². The van der Waals surface area contributed by atoms with E-state index in [4.69, 9.17) is 5.73 Å². The zero-order chi connectivity index (χ0) is 14.3. The molecule has 2 aromatic heterocycles. The van der Waals surface area contributed by atoms with E-state index in [-0.39, 0.29) is 5.91 Å². The lowest BCUT2D eigenvalue weighted by Gasteiger charge is -2.21. The summed E-state index contributed by atoms with van der Waals surface area (Å²) in [7, 11) is 1.95. The van der Waals surface area contributed by atoms with Gasteiger partial charge in [-0.25, -0.2) is 4.98 Å². The fourth-order valence-corrected chi connectivity index (χ4v) is 3.09. The van der Waals surface area contributed by atoms with E-state index >= 15 is 0 Å². The van der Waals surface area contributed by atoms with Gasteiger partial charge in [0.2, 0.25) is 0 Å². The smallest absolute Gasteiger partial charge is 0.264 e. The molecule has 0 atom stereocenters. The average molecular weight is 290 g/mol. The van der Waals surface area contributed by atoms with Crippen molar-refractivity contribution in [2.24, 2.45) is 7.05 Å². The molecule has 0 bridgehead atoms. The molecule has 1 aliphatic rings. The normalized spacial score (nSPS) is 14.5. The third-order valence-electron chi connectivity index (χ3n) is 3.65. The van der Waals surface area contributed by atoms with E-state index in [0.717, 1.165) is 28.4 Å². The van der Waals surface area contributed by atoms with Crippen molar-refractivity contribution in [1.82, 2.24) is 14.5 Å². The third-order valence-corrected chi connectivity index (χ3v) is 4.70. The van der Waals surface area contributed by atoms with Crippen molar-refractivity contribution < 1.29 is 4.79 Å². The molecule has 2 aromatic rings. The Hall–Kier alpha value is -1.82. The Balaban J connectivity index is 1.83. The van der Waals surface area contributed by atoms with Gasteiger partial charge in [-0.05, 0) is 25.8 Å². The summed E-state index contributed by atoms with van der Waals surface area (Å²) >= 11 is 1.47. The lowest BCUT2D eigenvalue weighted by Crippen LogP contribution is -2.33. The Kier molecular flexibility index (Phi) is 3.25.